The molecule has 10 heteroatoms. The van der Waals surface area contributed by atoms with Crippen LogP contribution in [0, 0.1) is 12.7 Å². The first-order valence-corrected chi connectivity index (χ1v) is 12.1. The van der Waals surface area contributed by atoms with Crippen molar-refractivity contribution in [1.82, 2.24) is 20.1 Å². The van der Waals surface area contributed by atoms with Gasteiger partial charge in [-0.25, -0.2) is 9.18 Å². The van der Waals surface area contributed by atoms with Crippen molar-refractivity contribution < 1.29 is 13.9 Å². The van der Waals surface area contributed by atoms with Crippen molar-refractivity contribution in [3.8, 4) is 11.4 Å². The summed E-state index contributed by atoms with van der Waals surface area (Å²) >= 11 is 7.80. The molecule has 0 saturated heterocycles. The Morgan fingerprint density at radius 3 is 2.74 bits per heavy atom. The molecule has 1 heterocycles. The SMILES string of the molecule is COc1cccc(CSc2nnc(CNC(=O)Nc3cccc(F)c3)n2-c2cc(Cl)ccc2C)c1. The molecule has 0 aliphatic carbocycles. The number of carbonyl (C=O) groups is 1. The average Bonchev–Trinajstić information content (AvgIpc) is 3.25. The highest BCUT2D eigenvalue weighted by molar-refractivity contribution is 7.98. The Morgan fingerprint density at radius 2 is 1.94 bits per heavy atom. The smallest absolute Gasteiger partial charge is 0.319 e. The number of amides is 2. The first-order valence-electron chi connectivity index (χ1n) is 10.7. The van der Waals surface area contributed by atoms with Gasteiger partial charge in [-0.3, -0.25) is 4.57 Å². The molecule has 180 valence electrons. The topological polar surface area (TPSA) is 81.1 Å². The summed E-state index contributed by atoms with van der Waals surface area (Å²) in [6, 6.07) is 18.6. The van der Waals surface area contributed by atoms with Crippen molar-refractivity contribution in [2.75, 3.05) is 12.4 Å². The number of thioether (sulfide) groups is 1. The molecule has 7 nitrogen and oxygen atoms in total. The first kappa shape index (κ1) is 24.6. The molecular formula is C25H23ClFN5O2S. The van der Waals surface area contributed by atoms with Crippen molar-refractivity contribution in [2.24, 2.45) is 0 Å². The van der Waals surface area contributed by atoms with Crippen LogP contribution in [0.4, 0.5) is 14.9 Å². The number of nitrogens with zero attached hydrogens (tertiary/aromatic N) is 3. The molecule has 0 aliphatic rings. The van der Waals surface area contributed by atoms with Crippen LogP contribution in [0.5, 0.6) is 5.75 Å². The Bertz CT molecular complexity index is 1350. The number of carbonyl (C=O) groups excluding carboxylic acids is 1. The third kappa shape index (κ3) is 6.32. The highest BCUT2D eigenvalue weighted by atomic mass is 35.5. The van der Waals surface area contributed by atoms with Gasteiger partial charge in [0.25, 0.3) is 0 Å². The first-order chi connectivity index (χ1) is 16.9. The minimum atomic E-state index is -0.487. The third-order valence-corrected chi connectivity index (χ3v) is 6.34. The number of nitrogens with one attached hydrogen (secondary N) is 2. The van der Waals surface area contributed by atoms with Crippen LogP contribution in [0.3, 0.4) is 0 Å². The van der Waals surface area contributed by atoms with Crippen molar-refractivity contribution >= 4 is 35.1 Å². The number of rotatable bonds is 8. The molecule has 0 saturated carbocycles. The highest BCUT2D eigenvalue weighted by Crippen LogP contribution is 2.29. The lowest BCUT2D eigenvalue weighted by Crippen LogP contribution is -2.29. The number of anilines is 1. The maximum atomic E-state index is 13.4. The molecule has 0 aliphatic heterocycles. The monoisotopic (exact) mass is 511 g/mol. The summed E-state index contributed by atoms with van der Waals surface area (Å²) in [5.74, 6) is 1.52. The normalized spacial score (nSPS) is 10.7. The number of aromatic nitrogens is 3. The summed E-state index contributed by atoms with van der Waals surface area (Å²) < 4.78 is 20.6. The van der Waals surface area contributed by atoms with Crippen LogP contribution in [0.2, 0.25) is 5.02 Å². The van der Waals surface area contributed by atoms with Crippen LogP contribution < -0.4 is 15.4 Å². The van der Waals surface area contributed by atoms with E-state index in [1.165, 1.54) is 30.0 Å². The number of benzene rings is 3. The second-order valence-electron chi connectivity index (χ2n) is 7.62. The minimum absolute atomic E-state index is 0.0970. The summed E-state index contributed by atoms with van der Waals surface area (Å²) in [6.45, 7) is 2.07. The van der Waals surface area contributed by atoms with E-state index < -0.39 is 11.8 Å². The molecule has 0 atom stereocenters. The van der Waals surface area contributed by atoms with E-state index in [1.54, 1.807) is 13.2 Å². The lowest BCUT2D eigenvalue weighted by atomic mass is 10.2. The van der Waals surface area contributed by atoms with E-state index in [-0.39, 0.29) is 6.54 Å². The predicted octanol–water partition coefficient (Wildman–Crippen LogP) is 5.99. The van der Waals surface area contributed by atoms with E-state index in [0.717, 1.165) is 22.6 Å². The molecule has 1 aromatic heterocycles. The van der Waals surface area contributed by atoms with E-state index in [1.807, 2.05) is 54.0 Å². The predicted molar refractivity (Wildman–Crippen MR) is 136 cm³/mol. The van der Waals surface area contributed by atoms with Gasteiger partial charge < -0.3 is 15.4 Å². The maximum Gasteiger partial charge on any atom is 0.319 e. The van der Waals surface area contributed by atoms with Crippen molar-refractivity contribution in [3.63, 3.8) is 0 Å². The second kappa shape index (κ2) is 11.2. The molecule has 0 unspecified atom stereocenters. The number of aryl methyl sites for hydroxylation is 1. The fourth-order valence-electron chi connectivity index (χ4n) is 3.38. The van der Waals surface area contributed by atoms with Gasteiger partial charge in [0.1, 0.15) is 11.6 Å². The second-order valence-corrected chi connectivity index (χ2v) is 9.00. The van der Waals surface area contributed by atoms with Gasteiger partial charge in [-0.05, 0) is 60.5 Å². The average molecular weight is 512 g/mol. The van der Waals surface area contributed by atoms with E-state index >= 15 is 0 Å². The molecule has 4 aromatic rings. The molecule has 0 radical (unpaired) electrons. The van der Waals surface area contributed by atoms with E-state index in [9.17, 15) is 9.18 Å². The zero-order chi connectivity index (χ0) is 24.8. The maximum absolute atomic E-state index is 13.4. The summed E-state index contributed by atoms with van der Waals surface area (Å²) in [5.41, 5.74) is 3.21. The van der Waals surface area contributed by atoms with Crippen molar-refractivity contribution in [3.05, 3.63) is 94.5 Å². The zero-order valence-electron chi connectivity index (χ0n) is 19.1. The van der Waals surface area contributed by atoms with E-state index in [2.05, 4.69) is 20.8 Å². The van der Waals surface area contributed by atoms with Gasteiger partial charge in [-0.2, -0.15) is 0 Å². The molecule has 4 rings (SSSR count). The Kier molecular flexibility index (Phi) is 7.89. The van der Waals surface area contributed by atoms with Crippen LogP contribution in [-0.2, 0) is 12.3 Å². The number of ether oxygens (including phenoxy) is 1. The van der Waals surface area contributed by atoms with Gasteiger partial charge in [0.05, 0.1) is 19.3 Å². The van der Waals surface area contributed by atoms with Crippen molar-refractivity contribution in [2.45, 2.75) is 24.4 Å². The molecule has 35 heavy (non-hydrogen) atoms. The van der Waals surface area contributed by atoms with Crippen LogP contribution in [0.1, 0.15) is 17.0 Å². The quantitative estimate of drug-likeness (QED) is 0.284. The van der Waals surface area contributed by atoms with Crippen LogP contribution in [0.15, 0.2) is 71.9 Å². The van der Waals surface area contributed by atoms with Gasteiger partial charge in [0.15, 0.2) is 11.0 Å². The number of hydrogen-bond acceptors (Lipinski definition) is 5. The van der Waals surface area contributed by atoms with Gasteiger partial charge in [0.2, 0.25) is 0 Å². The van der Waals surface area contributed by atoms with Gasteiger partial charge >= 0.3 is 6.03 Å². The Hall–Kier alpha value is -3.56. The van der Waals surface area contributed by atoms with Crippen LogP contribution in [-0.4, -0.2) is 27.9 Å². The molecule has 2 N–H and O–H groups in total. The van der Waals surface area contributed by atoms with Gasteiger partial charge in [-0.1, -0.05) is 47.6 Å². The number of hydrogen-bond donors (Lipinski definition) is 2. The third-order valence-electron chi connectivity index (χ3n) is 5.10. The summed E-state index contributed by atoms with van der Waals surface area (Å²) in [4.78, 5) is 12.4. The molecule has 2 amide bonds. The standard InChI is InChI=1S/C25H23ClFN5O2S/c1-16-9-10-18(26)12-22(16)32-23(14-28-24(33)29-20-7-4-6-19(27)13-20)30-31-25(32)35-15-17-5-3-8-21(11-17)34-2/h3-13H,14-15H2,1-2H3,(H2,28,29,33). The van der Waals surface area contributed by atoms with E-state index in [4.69, 9.17) is 16.3 Å². The fraction of sp³-hybridized carbons (Fsp3) is 0.160. The Balaban J connectivity index is 1.56. The highest BCUT2D eigenvalue weighted by Gasteiger charge is 2.18. The summed E-state index contributed by atoms with van der Waals surface area (Å²) in [7, 11) is 1.63. The molecule has 3 aromatic carbocycles. The summed E-state index contributed by atoms with van der Waals surface area (Å²) in [6.07, 6.45) is 0. The largest absolute Gasteiger partial charge is 0.497 e. The van der Waals surface area contributed by atoms with E-state index in [0.29, 0.717) is 27.4 Å². The molecule has 0 bridgehead atoms. The van der Waals surface area contributed by atoms with Crippen LogP contribution >= 0.6 is 23.4 Å². The molecular weight excluding hydrogens is 489 g/mol. The van der Waals surface area contributed by atoms with Crippen molar-refractivity contribution in [1.29, 1.82) is 0 Å². The Labute approximate surface area is 211 Å². The number of methoxy groups -OCH3 is 1. The minimum Gasteiger partial charge on any atom is -0.497 e. The van der Waals surface area contributed by atoms with Gasteiger partial charge in [0, 0.05) is 16.5 Å². The number of urea groups is 1. The lowest BCUT2D eigenvalue weighted by Gasteiger charge is -2.14. The zero-order valence-corrected chi connectivity index (χ0v) is 20.7. The molecule has 0 spiro atoms. The fourth-order valence-corrected chi connectivity index (χ4v) is 4.46. The van der Waals surface area contributed by atoms with Crippen LogP contribution in [0.25, 0.3) is 5.69 Å². The lowest BCUT2D eigenvalue weighted by molar-refractivity contribution is 0.251. The van der Waals surface area contributed by atoms with Gasteiger partial charge in [-0.15, -0.1) is 10.2 Å². The molecule has 0 fully saturated rings. The summed E-state index contributed by atoms with van der Waals surface area (Å²) in [5, 5.41) is 15.3. The number of halogens is 2. The Morgan fingerprint density at radius 1 is 1.11 bits per heavy atom.